The molecule has 2 aromatic rings. The Morgan fingerprint density at radius 2 is 2.18 bits per heavy atom. The summed E-state index contributed by atoms with van der Waals surface area (Å²) in [6.45, 7) is -0.524. The molecule has 0 atom stereocenters. The summed E-state index contributed by atoms with van der Waals surface area (Å²) in [7, 11) is 1.41. The van der Waals surface area contributed by atoms with E-state index in [0.29, 0.717) is 5.75 Å². The second-order valence-electron chi connectivity index (χ2n) is 5.50. The Kier molecular flexibility index (Phi) is 5.47. The maximum Gasteiger partial charge on any atom is 0.323 e. The van der Waals surface area contributed by atoms with Gasteiger partial charge in [-0.1, -0.05) is 24.0 Å². The average molecular weight is 420 g/mol. The molecule has 1 fully saturated rings. The molecular weight excluding hydrogens is 408 g/mol. The fourth-order valence-electron chi connectivity index (χ4n) is 2.47. The highest BCUT2D eigenvalue weighted by molar-refractivity contribution is 8.26. The summed E-state index contributed by atoms with van der Waals surface area (Å²) in [6, 6.07) is 7.45. The molecule has 1 aliphatic rings. The van der Waals surface area contributed by atoms with E-state index in [2.05, 4.69) is 0 Å². The van der Waals surface area contributed by atoms with Crippen LogP contribution in [0.2, 0.25) is 0 Å². The van der Waals surface area contributed by atoms with Gasteiger partial charge >= 0.3 is 5.97 Å². The number of benzene rings is 1. The first kappa shape index (κ1) is 19.6. The number of furan rings is 1. The zero-order valence-electron chi connectivity index (χ0n) is 14.3. The van der Waals surface area contributed by atoms with E-state index in [1.54, 1.807) is 18.2 Å². The quantitative estimate of drug-likeness (QED) is 0.325. The van der Waals surface area contributed by atoms with Crippen LogP contribution >= 0.6 is 24.0 Å². The third-order valence-electron chi connectivity index (χ3n) is 3.73. The molecule has 0 unspecified atom stereocenters. The van der Waals surface area contributed by atoms with Crippen molar-refractivity contribution in [1.29, 1.82) is 0 Å². The molecule has 1 aliphatic heterocycles. The van der Waals surface area contributed by atoms with Crippen molar-refractivity contribution in [1.82, 2.24) is 4.90 Å². The molecule has 11 heteroatoms. The number of hydrogen-bond donors (Lipinski definition) is 1. The van der Waals surface area contributed by atoms with Crippen molar-refractivity contribution in [2.24, 2.45) is 0 Å². The molecule has 2 heterocycles. The first-order valence-corrected chi connectivity index (χ1v) is 8.92. The lowest BCUT2D eigenvalue weighted by Crippen LogP contribution is -2.33. The minimum Gasteiger partial charge on any atom is -0.497 e. The largest absolute Gasteiger partial charge is 0.497 e. The lowest BCUT2D eigenvalue weighted by Gasteiger charge is -2.09. The van der Waals surface area contributed by atoms with Crippen LogP contribution in [0.3, 0.4) is 0 Å². The zero-order chi connectivity index (χ0) is 20.4. The van der Waals surface area contributed by atoms with Gasteiger partial charge in [-0.3, -0.25) is 24.6 Å². The standard InChI is InChI=1S/C17H12N2O7S2/c1-25-9-2-4-11(12(6-9)19(23)24)13-5-3-10(26-13)7-14-16(22)18(8-15(20)21)17(27)28-14/h2-7H,8H2,1H3,(H,20,21)/b14-7-. The number of methoxy groups -OCH3 is 1. The number of amides is 1. The number of thioether (sulfide) groups is 1. The van der Waals surface area contributed by atoms with E-state index in [-0.39, 0.29) is 32.0 Å². The molecule has 1 amide bonds. The molecule has 1 aromatic carbocycles. The Morgan fingerprint density at radius 1 is 1.43 bits per heavy atom. The number of rotatable bonds is 6. The third-order valence-corrected chi connectivity index (χ3v) is 5.11. The maximum atomic E-state index is 12.3. The van der Waals surface area contributed by atoms with Gasteiger partial charge in [0.2, 0.25) is 0 Å². The SMILES string of the molecule is COc1ccc(-c2ccc(/C=C3\SC(=S)N(CC(=O)O)C3=O)o2)c([N+](=O)[O-])c1. The first-order valence-electron chi connectivity index (χ1n) is 7.70. The van der Waals surface area contributed by atoms with Gasteiger partial charge < -0.3 is 14.3 Å². The van der Waals surface area contributed by atoms with Crippen molar-refractivity contribution in [3.63, 3.8) is 0 Å². The Bertz CT molecular complexity index is 1030. The first-order chi connectivity index (χ1) is 13.3. The van der Waals surface area contributed by atoms with Gasteiger partial charge in [0.05, 0.1) is 28.6 Å². The molecule has 0 spiro atoms. The van der Waals surface area contributed by atoms with Gasteiger partial charge in [0.25, 0.3) is 11.6 Å². The number of carbonyl (C=O) groups is 2. The number of carbonyl (C=O) groups excluding carboxylic acids is 1. The van der Waals surface area contributed by atoms with Gasteiger partial charge in [-0.05, 0) is 24.3 Å². The van der Waals surface area contributed by atoms with Gasteiger partial charge in [-0.2, -0.15) is 0 Å². The molecular formula is C17H12N2O7S2. The average Bonchev–Trinajstić information content (AvgIpc) is 3.21. The van der Waals surface area contributed by atoms with E-state index in [0.717, 1.165) is 16.7 Å². The molecule has 0 saturated carbocycles. The molecule has 1 saturated heterocycles. The van der Waals surface area contributed by atoms with Gasteiger partial charge in [0.1, 0.15) is 28.1 Å². The Labute approximate surface area is 167 Å². The zero-order valence-corrected chi connectivity index (χ0v) is 15.9. The summed E-state index contributed by atoms with van der Waals surface area (Å²) < 4.78 is 10.8. The van der Waals surface area contributed by atoms with Crippen LogP contribution in [0.5, 0.6) is 5.75 Å². The smallest absolute Gasteiger partial charge is 0.323 e. The maximum absolute atomic E-state index is 12.3. The second kappa shape index (κ2) is 7.82. The highest BCUT2D eigenvalue weighted by atomic mass is 32.2. The highest BCUT2D eigenvalue weighted by Crippen LogP contribution is 2.36. The number of thiocarbonyl (C=S) groups is 1. The van der Waals surface area contributed by atoms with E-state index < -0.39 is 23.3 Å². The fraction of sp³-hybridized carbons (Fsp3) is 0.118. The fourth-order valence-corrected chi connectivity index (χ4v) is 3.71. The van der Waals surface area contributed by atoms with Gasteiger partial charge in [-0.25, -0.2) is 0 Å². The van der Waals surface area contributed by atoms with Crippen LogP contribution < -0.4 is 4.74 Å². The monoisotopic (exact) mass is 420 g/mol. The topological polar surface area (TPSA) is 123 Å². The van der Waals surface area contributed by atoms with Gasteiger partial charge in [0, 0.05) is 6.08 Å². The number of carboxylic acid groups (broad SMARTS) is 1. The second-order valence-corrected chi connectivity index (χ2v) is 7.18. The molecule has 1 aromatic heterocycles. The summed E-state index contributed by atoms with van der Waals surface area (Å²) in [6.07, 6.45) is 1.42. The van der Waals surface area contributed by atoms with E-state index in [1.807, 2.05) is 0 Å². The molecule has 28 heavy (non-hydrogen) atoms. The Morgan fingerprint density at radius 3 is 2.82 bits per heavy atom. The molecule has 0 bridgehead atoms. The molecule has 9 nitrogen and oxygen atoms in total. The molecule has 0 radical (unpaired) electrons. The van der Waals surface area contributed by atoms with E-state index in [9.17, 15) is 19.7 Å². The Balaban J connectivity index is 1.91. The minimum atomic E-state index is -1.18. The summed E-state index contributed by atoms with van der Waals surface area (Å²) in [5, 5.41) is 20.2. The van der Waals surface area contributed by atoms with Crippen molar-refractivity contribution in [2.75, 3.05) is 13.7 Å². The number of ether oxygens (including phenoxy) is 1. The van der Waals surface area contributed by atoms with Crippen LogP contribution in [-0.4, -0.2) is 44.8 Å². The summed E-state index contributed by atoms with van der Waals surface area (Å²) in [4.78, 5) is 35.1. The number of nitrogens with zero attached hydrogens (tertiary/aromatic N) is 2. The molecule has 1 N–H and O–H groups in total. The van der Waals surface area contributed by atoms with E-state index >= 15 is 0 Å². The van der Waals surface area contributed by atoms with Crippen LogP contribution in [0, 0.1) is 10.1 Å². The number of hydrogen-bond acceptors (Lipinski definition) is 8. The molecule has 144 valence electrons. The van der Waals surface area contributed by atoms with Crippen LogP contribution in [0.15, 0.2) is 39.7 Å². The van der Waals surface area contributed by atoms with Gasteiger partial charge in [0.15, 0.2) is 0 Å². The summed E-state index contributed by atoms with van der Waals surface area (Å²) >= 11 is 5.98. The minimum absolute atomic E-state index is 0.135. The highest BCUT2D eigenvalue weighted by Gasteiger charge is 2.33. The number of carboxylic acids is 1. The summed E-state index contributed by atoms with van der Waals surface area (Å²) in [5.41, 5.74) is 0.0666. The van der Waals surface area contributed by atoms with Crippen LogP contribution in [0.1, 0.15) is 5.76 Å². The predicted octanol–water partition coefficient (Wildman–Crippen LogP) is 3.15. The van der Waals surface area contributed by atoms with Gasteiger partial charge in [-0.15, -0.1) is 0 Å². The van der Waals surface area contributed by atoms with Crippen molar-refractivity contribution in [2.45, 2.75) is 0 Å². The lowest BCUT2D eigenvalue weighted by molar-refractivity contribution is -0.384. The van der Waals surface area contributed by atoms with Crippen LogP contribution in [0.25, 0.3) is 17.4 Å². The van der Waals surface area contributed by atoms with E-state index in [1.165, 1.54) is 25.3 Å². The van der Waals surface area contributed by atoms with Crippen molar-refractivity contribution < 1.29 is 28.8 Å². The normalized spacial score (nSPS) is 15.3. The van der Waals surface area contributed by atoms with Crippen molar-refractivity contribution in [3.8, 4) is 17.1 Å². The van der Waals surface area contributed by atoms with E-state index in [4.69, 9.17) is 26.5 Å². The number of nitro benzene ring substituents is 1. The third kappa shape index (κ3) is 3.89. The Hall–Kier alpha value is -3.18. The number of nitro groups is 1. The summed E-state index contributed by atoms with van der Waals surface area (Å²) in [5.74, 6) is -0.864. The van der Waals surface area contributed by atoms with Crippen molar-refractivity contribution in [3.05, 3.63) is 51.1 Å². The van der Waals surface area contributed by atoms with Crippen molar-refractivity contribution >= 4 is 51.9 Å². The van der Waals surface area contributed by atoms with Crippen LogP contribution in [-0.2, 0) is 9.59 Å². The van der Waals surface area contributed by atoms with Crippen LogP contribution in [0.4, 0.5) is 5.69 Å². The molecule has 0 aliphatic carbocycles. The predicted molar refractivity (Wildman–Crippen MR) is 105 cm³/mol. The number of aliphatic carboxylic acids is 1. The lowest BCUT2D eigenvalue weighted by atomic mass is 10.1. The molecule has 3 rings (SSSR count).